The molecule has 2 atom stereocenters. The highest BCUT2D eigenvalue weighted by molar-refractivity contribution is 6.05. The van der Waals surface area contributed by atoms with Gasteiger partial charge in [0.15, 0.2) is 17.5 Å². The van der Waals surface area contributed by atoms with Crippen LogP contribution in [0.15, 0.2) is 46.3 Å². The standard InChI is InChI=1S/C28H32F3N7O2/c1-6-17-13-36(14-21(17)32)26-16(4)25(37(33-5)15(2)3)20(31)12-23(26)34-28(40)22-10-11-24(39)38(35-22)27-18(29)8-7-9-19(27)30/h7-12,15,17,21H,5-6,13-14,32H2,1-4H3,(H,34,40)/t17-,21+/m1/s1. The minimum atomic E-state index is -1.02. The average molecular weight is 556 g/mol. The van der Waals surface area contributed by atoms with Gasteiger partial charge in [0, 0.05) is 49.6 Å². The largest absolute Gasteiger partial charge is 0.368 e. The van der Waals surface area contributed by atoms with Gasteiger partial charge in [-0.1, -0.05) is 19.4 Å². The van der Waals surface area contributed by atoms with Crippen molar-refractivity contribution >= 4 is 29.7 Å². The van der Waals surface area contributed by atoms with Crippen molar-refractivity contribution in [1.29, 1.82) is 0 Å². The van der Waals surface area contributed by atoms with E-state index in [0.717, 1.165) is 36.8 Å². The van der Waals surface area contributed by atoms with E-state index in [1.165, 1.54) is 11.1 Å². The molecule has 0 radical (unpaired) electrons. The molecule has 1 aliphatic rings. The third-order valence-electron chi connectivity index (χ3n) is 7.10. The molecule has 0 unspecified atom stereocenters. The van der Waals surface area contributed by atoms with Gasteiger partial charge in [-0.05, 0) is 44.9 Å². The van der Waals surface area contributed by atoms with Crippen LogP contribution in [0.1, 0.15) is 43.2 Å². The molecule has 1 saturated heterocycles. The van der Waals surface area contributed by atoms with E-state index in [1.807, 2.05) is 25.7 Å². The Bertz CT molecular complexity index is 1490. The second kappa shape index (κ2) is 11.5. The molecule has 12 heteroatoms. The number of carbonyl (C=O) groups excluding carboxylic acids is 1. The van der Waals surface area contributed by atoms with Crippen molar-refractivity contribution in [3.8, 4) is 5.69 Å². The molecule has 4 rings (SSSR count). The number of benzene rings is 2. The molecule has 3 aromatic rings. The maximum atomic E-state index is 15.6. The first-order chi connectivity index (χ1) is 19.0. The predicted octanol–water partition coefficient (Wildman–Crippen LogP) is 4.21. The number of hydrogen-bond acceptors (Lipinski definition) is 7. The van der Waals surface area contributed by atoms with Crippen LogP contribution in [0.5, 0.6) is 0 Å². The smallest absolute Gasteiger partial charge is 0.276 e. The van der Waals surface area contributed by atoms with Crippen LogP contribution in [0.4, 0.5) is 30.2 Å². The van der Waals surface area contributed by atoms with Crippen LogP contribution in [0.2, 0.25) is 0 Å². The molecule has 3 N–H and O–H groups in total. The van der Waals surface area contributed by atoms with Crippen molar-refractivity contribution in [3.05, 3.63) is 75.5 Å². The fourth-order valence-electron chi connectivity index (χ4n) is 5.11. The number of nitrogens with two attached hydrogens (primary N) is 1. The Morgan fingerprint density at radius 2 is 1.85 bits per heavy atom. The summed E-state index contributed by atoms with van der Waals surface area (Å²) in [6, 6.07) is 6.06. The topological polar surface area (TPSA) is 109 Å². The van der Waals surface area contributed by atoms with Crippen LogP contribution >= 0.6 is 0 Å². The van der Waals surface area contributed by atoms with E-state index >= 15 is 4.39 Å². The second-order valence-corrected chi connectivity index (χ2v) is 10.0. The van der Waals surface area contributed by atoms with Gasteiger partial charge in [0.1, 0.15) is 17.1 Å². The summed E-state index contributed by atoms with van der Waals surface area (Å²) in [7, 11) is 0. The van der Waals surface area contributed by atoms with E-state index in [9.17, 15) is 18.4 Å². The summed E-state index contributed by atoms with van der Waals surface area (Å²) in [6.07, 6.45) is 0.844. The summed E-state index contributed by atoms with van der Waals surface area (Å²) in [4.78, 5) is 27.8. The van der Waals surface area contributed by atoms with Crippen molar-refractivity contribution in [2.24, 2.45) is 16.8 Å². The number of nitrogens with zero attached hydrogens (tertiary/aromatic N) is 5. The highest BCUT2D eigenvalue weighted by Crippen LogP contribution is 2.41. The summed E-state index contributed by atoms with van der Waals surface area (Å²) in [5, 5.41) is 12.1. The monoisotopic (exact) mass is 555 g/mol. The van der Waals surface area contributed by atoms with Crippen LogP contribution in [0.25, 0.3) is 5.69 Å². The van der Waals surface area contributed by atoms with Gasteiger partial charge in [-0.3, -0.25) is 14.6 Å². The lowest BCUT2D eigenvalue weighted by Gasteiger charge is -2.31. The SMILES string of the molecule is C=NN(c1c(F)cc(NC(=O)c2ccc(=O)n(-c3c(F)cccc3F)n2)c(N2C[C@@H](CC)[C@@H](N)C2)c1C)C(C)C. The first-order valence-corrected chi connectivity index (χ1v) is 12.9. The van der Waals surface area contributed by atoms with Gasteiger partial charge in [-0.15, -0.1) is 0 Å². The summed E-state index contributed by atoms with van der Waals surface area (Å²) < 4.78 is 44.8. The third-order valence-corrected chi connectivity index (χ3v) is 7.10. The number of carbonyl (C=O) groups is 1. The number of hydrazone groups is 1. The summed E-state index contributed by atoms with van der Waals surface area (Å²) >= 11 is 0. The fourth-order valence-corrected chi connectivity index (χ4v) is 5.11. The molecule has 1 aromatic heterocycles. The lowest BCUT2D eigenvalue weighted by molar-refractivity contribution is 0.102. The van der Waals surface area contributed by atoms with Gasteiger partial charge < -0.3 is 16.0 Å². The average Bonchev–Trinajstić information content (AvgIpc) is 3.26. The lowest BCUT2D eigenvalue weighted by atomic mass is 10.0. The second-order valence-electron chi connectivity index (χ2n) is 10.0. The Morgan fingerprint density at radius 3 is 2.42 bits per heavy atom. The van der Waals surface area contributed by atoms with Gasteiger partial charge in [0.25, 0.3) is 11.5 Å². The quantitative estimate of drug-likeness (QED) is 0.318. The zero-order chi connectivity index (χ0) is 29.3. The molecule has 9 nitrogen and oxygen atoms in total. The molecule has 2 aromatic carbocycles. The molecule has 212 valence electrons. The Labute approximate surface area is 230 Å². The minimum absolute atomic E-state index is 0.124. The number of aromatic nitrogens is 2. The Hall–Kier alpha value is -4.19. The van der Waals surface area contributed by atoms with Crippen LogP contribution in [0.3, 0.4) is 0 Å². The lowest BCUT2D eigenvalue weighted by Crippen LogP contribution is -2.31. The van der Waals surface area contributed by atoms with E-state index in [1.54, 1.807) is 6.92 Å². The Morgan fingerprint density at radius 1 is 1.18 bits per heavy atom. The van der Waals surface area contributed by atoms with Crippen LogP contribution in [0, 0.1) is 30.3 Å². The van der Waals surface area contributed by atoms with Crippen LogP contribution < -0.4 is 26.5 Å². The zero-order valence-electron chi connectivity index (χ0n) is 22.8. The van der Waals surface area contributed by atoms with Gasteiger partial charge in [-0.25, -0.2) is 13.2 Å². The van der Waals surface area contributed by atoms with Crippen LogP contribution in [-0.4, -0.2) is 47.6 Å². The Kier molecular flexibility index (Phi) is 8.29. The van der Waals surface area contributed by atoms with Gasteiger partial charge in [0.05, 0.1) is 11.4 Å². The van der Waals surface area contributed by atoms with Crippen molar-refractivity contribution < 1.29 is 18.0 Å². The number of rotatable bonds is 8. The molecular formula is C28H32F3N7O2. The molecule has 0 bridgehead atoms. The first-order valence-electron chi connectivity index (χ1n) is 12.9. The Balaban J connectivity index is 1.80. The molecule has 1 fully saturated rings. The van der Waals surface area contributed by atoms with Crippen molar-refractivity contribution in [3.63, 3.8) is 0 Å². The highest BCUT2D eigenvalue weighted by atomic mass is 19.1. The fraction of sp³-hybridized carbons (Fsp3) is 0.357. The molecular weight excluding hydrogens is 523 g/mol. The maximum Gasteiger partial charge on any atom is 0.276 e. The first kappa shape index (κ1) is 28.8. The van der Waals surface area contributed by atoms with E-state index in [2.05, 4.69) is 22.2 Å². The molecule has 1 amide bonds. The van der Waals surface area contributed by atoms with Crippen molar-refractivity contribution in [2.45, 2.75) is 46.2 Å². The zero-order valence-corrected chi connectivity index (χ0v) is 22.8. The van der Waals surface area contributed by atoms with Gasteiger partial charge >= 0.3 is 0 Å². The third kappa shape index (κ3) is 5.31. The molecule has 0 saturated carbocycles. The molecule has 2 heterocycles. The molecule has 40 heavy (non-hydrogen) atoms. The number of halogens is 3. The number of amides is 1. The van der Waals surface area contributed by atoms with Gasteiger partial charge in [0.2, 0.25) is 0 Å². The molecule has 0 aliphatic carbocycles. The highest BCUT2D eigenvalue weighted by Gasteiger charge is 2.33. The summed E-state index contributed by atoms with van der Waals surface area (Å²) in [5.41, 5.74) is 5.96. The molecule has 0 spiro atoms. The van der Waals surface area contributed by atoms with Crippen LogP contribution in [-0.2, 0) is 0 Å². The van der Waals surface area contributed by atoms with E-state index in [-0.39, 0.29) is 35.1 Å². The minimum Gasteiger partial charge on any atom is -0.368 e. The van der Waals surface area contributed by atoms with E-state index in [4.69, 9.17) is 5.73 Å². The predicted molar refractivity (Wildman–Crippen MR) is 150 cm³/mol. The van der Waals surface area contributed by atoms with Gasteiger partial charge in [-0.2, -0.15) is 14.9 Å². The molecule has 1 aliphatic heterocycles. The number of anilines is 3. The van der Waals surface area contributed by atoms with Crippen molar-refractivity contribution in [2.75, 3.05) is 28.3 Å². The number of nitrogens with one attached hydrogen (secondary N) is 1. The summed E-state index contributed by atoms with van der Waals surface area (Å²) in [5.74, 6) is -3.31. The van der Waals surface area contributed by atoms with E-state index in [0.29, 0.717) is 29.0 Å². The summed E-state index contributed by atoms with van der Waals surface area (Å²) in [6.45, 7) is 12.1. The normalized spacial score (nSPS) is 16.9. The number of para-hydroxylation sites is 1. The maximum absolute atomic E-state index is 15.6. The van der Waals surface area contributed by atoms with Crippen molar-refractivity contribution in [1.82, 2.24) is 9.78 Å². The van der Waals surface area contributed by atoms with E-state index < -0.39 is 34.6 Å². The number of hydrogen-bond donors (Lipinski definition) is 2.